The van der Waals surface area contributed by atoms with Crippen LogP contribution < -0.4 is 10.1 Å². The van der Waals surface area contributed by atoms with Gasteiger partial charge in [-0.2, -0.15) is 0 Å². The van der Waals surface area contributed by atoms with Crippen molar-refractivity contribution in [2.75, 3.05) is 13.2 Å². The number of amides is 1. The molecule has 0 saturated heterocycles. The highest BCUT2D eigenvalue weighted by atomic mass is 79.9. The van der Waals surface area contributed by atoms with E-state index in [0.29, 0.717) is 13.2 Å². The van der Waals surface area contributed by atoms with Crippen molar-refractivity contribution < 1.29 is 9.53 Å². The average molecular weight is 258 g/mol. The van der Waals surface area contributed by atoms with Gasteiger partial charge in [0.25, 0.3) is 0 Å². The number of hydrogen-bond acceptors (Lipinski definition) is 2. The number of rotatable bonds is 4. The van der Waals surface area contributed by atoms with Gasteiger partial charge in [0, 0.05) is 6.92 Å². The Kier molecular flexibility index (Phi) is 4.46. The van der Waals surface area contributed by atoms with Gasteiger partial charge in [-0.25, -0.2) is 0 Å². The Balaban J connectivity index is 2.31. The van der Waals surface area contributed by atoms with Crippen LogP contribution >= 0.6 is 15.9 Å². The van der Waals surface area contributed by atoms with E-state index in [9.17, 15) is 4.79 Å². The van der Waals surface area contributed by atoms with Gasteiger partial charge in [-0.1, -0.05) is 12.1 Å². The van der Waals surface area contributed by atoms with Crippen LogP contribution in [0.2, 0.25) is 0 Å². The summed E-state index contributed by atoms with van der Waals surface area (Å²) in [4.78, 5) is 10.5. The Labute approximate surface area is 91.6 Å². The molecule has 0 bridgehead atoms. The minimum absolute atomic E-state index is 0.0410. The summed E-state index contributed by atoms with van der Waals surface area (Å²) in [5, 5.41) is 2.66. The predicted molar refractivity (Wildman–Crippen MR) is 58.3 cm³/mol. The first-order valence-corrected chi connectivity index (χ1v) is 5.11. The maximum atomic E-state index is 10.5. The van der Waals surface area contributed by atoms with Crippen LogP contribution in [0, 0.1) is 0 Å². The largest absolute Gasteiger partial charge is 0.491 e. The monoisotopic (exact) mass is 257 g/mol. The molecule has 1 amide bonds. The molecule has 3 nitrogen and oxygen atoms in total. The molecule has 0 aromatic heterocycles. The van der Waals surface area contributed by atoms with Crippen LogP contribution in [0.5, 0.6) is 5.75 Å². The molecular weight excluding hydrogens is 246 g/mol. The molecule has 0 aliphatic heterocycles. The van der Waals surface area contributed by atoms with Crippen molar-refractivity contribution in [3.63, 3.8) is 0 Å². The summed E-state index contributed by atoms with van der Waals surface area (Å²) in [6, 6.07) is 7.61. The van der Waals surface area contributed by atoms with Gasteiger partial charge in [0.2, 0.25) is 5.91 Å². The lowest BCUT2D eigenvalue weighted by Gasteiger charge is -2.07. The summed E-state index contributed by atoms with van der Waals surface area (Å²) >= 11 is 3.36. The average Bonchev–Trinajstić information content (AvgIpc) is 2.15. The topological polar surface area (TPSA) is 38.3 Å². The number of hydrogen-bond donors (Lipinski definition) is 1. The summed E-state index contributed by atoms with van der Waals surface area (Å²) in [6.45, 7) is 2.48. The maximum absolute atomic E-state index is 10.5. The molecule has 1 aromatic carbocycles. The number of nitrogens with one attached hydrogen (secondary N) is 1. The fraction of sp³-hybridized carbons (Fsp3) is 0.300. The first-order valence-electron chi connectivity index (χ1n) is 4.32. The molecule has 76 valence electrons. The van der Waals surface area contributed by atoms with Crippen LogP contribution in [0.25, 0.3) is 0 Å². The van der Waals surface area contributed by atoms with Gasteiger partial charge in [0.05, 0.1) is 11.0 Å². The zero-order chi connectivity index (χ0) is 10.4. The minimum Gasteiger partial charge on any atom is -0.491 e. The summed E-state index contributed by atoms with van der Waals surface area (Å²) in [5.41, 5.74) is 0. The van der Waals surface area contributed by atoms with Crippen LogP contribution in [0.1, 0.15) is 6.92 Å². The van der Waals surface area contributed by atoms with Gasteiger partial charge in [0.1, 0.15) is 12.4 Å². The highest BCUT2D eigenvalue weighted by molar-refractivity contribution is 9.10. The zero-order valence-electron chi connectivity index (χ0n) is 7.92. The van der Waals surface area contributed by atoms with E-state index in [1.54, 1.807) is 0 Å². The summed E-state index contributed by atoms with van der Waals surface area (Å²) in [5.74, 6) is 0.749. The van der Waals surface area contributed by atoms with Crippen LogP contribution in [0.4, 0.5) is 0 Å². The lowest BCUT2D eigenvalue weighted by Crippen LogP contribution is -2.25. The van der Waals surface area contributed by atoms with E-state index in [4.69, 9.17) is 4.74 Å². The third-order valence-electron chi connectivity index (χ3n) is 1.57. The fourth-order valence-corrected chi connectivity index (χ4v) is 1.35. The molecule has 0 fully saturated rings. The molecule has 4 heteroatoms. The van der Waals surface area contributed by atoms with Gasteiger partial charge in [-0.15, -0.1) is 0 Å². The molecular formula is C10H12BrNO2. The minimum atomic E-state index is -0.0410. The Morgan fingerprint density at radius 1 is 1.50 bits per heavy atom. The molecule has 0 unspecified atom stereocenters. The van der Waals surface area contributed by atoms with Crippen LogP contribution in [-0.2, 0) is 4.79 Å². The van der Waals surface area contributed by atoms with E-state index in [-0.39, 0.29) is 5.91 Å². The number of para-hydroxylation sites is 1. The number of carbonyl (C=O) groups excluding carboxylic acids is 1. The summed E-state index contributed by atoms with van der Waals surface area (Å²) in [7, 11) is 0. The molecule has 0 aliphatic rings. The van der Waals surface area contributed by atoms with E-state index in [1.165, 1.54) is 6.92 Å². The second-order valence-corrected chi connectivity index (χ2v) is 3.62. The molecule has 14 heavy (non-hydrogen) atoms. The number of halogens is 1. The lowest BCUT2D eigenvalue weighted by molar-refractivity contribution is -0.119. The number of carbonyl (C=O) groups is 1. The standard InChI is InChI=1S/C10H12BrNO2/c1-8(13)12-6-7-14-10-5-3-2-4-9(10)11/h2-5H,6-7H2,1H3,(H,12,13). The molecule has 0 spiro atoms. The zero-order valence-corrected chi connectivity index (χ0v) is 9.50. The summed E-state index contributed by atoms with van der Waals surface area (Å²) in [6.07, 6.45) is 0. The van der Waals surface area contributed by atoms with Gasteiger partial charge in [-0.05, 0) is 28.1 Å². The lowest BCUT2D eigenvalue weighted by atomic mass is 10.3. The Morgan fingerprint density at radius 2 is 2.21 bits per heavy atom. The van der Waals surface area contributed by atoms with Crippen molar-refractivity contribution in [1.82, 2.24) is 5.32 Å². The quantitative estimate of drug-likeness (QED) is 0.838. The van der Waals surface area contributed by atoms with Crippen molar-refractivity contribution in [2.24, 2.45) is 0 Å². The highest BCUT2D eigenvalue weighted by Crippen LogP contribution is 2.23. The molecule has 1 aromatic rings. The Hall–Kier alpha value is -1.03. The molecule has 1 N–H and O–H groups in total. The van der Waals surface area contributed by atoms with E-state index >= 15 is 0 Å². The van der Waals surface area contributed by atoms with E-state index in [1.807, 2.05) is 24.3 Å². The number of ether oxygens (including phenoxy) is 1. The third kappa shape index (κ3) is 3.79. The van der Waals surface area contributed by atoms with Crippen molar-refractivity contribution in [3.8, 4) is 5.75 Å². The van der Waals surface area contributed by atoms with E-state index < -0.39 is 0 Å². The second-order valence-electron chi connectivity index (χ2n) is 2.76. The van der Waals surface area contributed by atoms with Crippen molar-refractivity contribution in [1.29, 1.82) is 0 Å². The van der Waals surface area contributed by atoms with Crippen molar-refractivity contribution in [2.45, 2.75) is 6.92 Å². The van der Waals surface area contributed by atoms with E-state index in [0.717, 1.165) is 10.2 Å². The second kappa shape index (κ2) is 5.65. The van der Waals surface area contributed by atoms with E-state index in [2.05, 4.69) is 21.2 Å². The fourth-order valence-electron chi connectivity index (χ4n) is 0.950. The first-order chi connectivity index (χ1) is 6.70. The molecule has 0 radical (unpaired) electrons. The molecule has 0 atom stereocenters. The Morgan fingerprint density at radius 3 is 2.86 bits per heavy atom. The van der Waals surface area contributed by atoms with Gasteiger partial charge < -0.3 is 10.1 Å². The van der Waals surface area contributed by atoms with Crippen molar-refractivity contribution in [3.05, 3.63) is 28.7 Å². The van der Waals surface area contributed by atoms with Crippen molar-refractivity contribution >= 4 is 21.8 Å². The molecule has 1 rings (SSSR count). The van der Waals surface area contributed by atoms with Gasteiger partial charge in [-0.3, -0.25) is 4.79 Å². The first kappa shape index (κ1) is 11.0. The maximum Gasteiger partial charge on any atom is 0.216 e. The van der Waals surface area contributed by atoms with Crippen LogP contribution in [-0.4, -0.2) is 19.1 Å². The van der Waals surface area contributed by atoms with Gasteiger partial charge in [0.15, 0.2) is 0 Å². The Bertz CT molecular complexity index is 315. The molecule has 0 saturated carbocycles. The van der Waals surface area contributed by atoms with Crippen LogP contribution in [0.15, 0.2) is 28.7 Å². The highest BCUT2D eigenvalue weighted by Gasteiger charge is 1.98. The smallest absolute Gasteiger partial charge is 0.216 e. The molecule has 0 aliphatic carbocycles. The predicted octanol–water partition coefficient (Wildman–Crippen LogP) is 1.96. The normalized spacial score (nSPS) is 9.57. The SMILES string of the molecule is CC(=O)NCCOc1ccccc1Br. The van der Waals surface area contributed by atoms with Gasteiger partial charge >= 0.3 is 0 Å². The summed E-state index contributed by atoms with van der Waals surface area (Å²) < 4.78 is 6.34. The molecule has 0 heterocycles. The number of benzene rings is 1. The third-order valence-corrected chi connectivity index (χ3v) is 2.23. The van der Waals surface area contributed by atoms with Crippen LogP contribution in [0.3, 0.4) is 0 Å².